The van der Waals surface area contributed by atoms with Gasteiger partial charge in [-0.15, -0.1) is 0 Å². The Balaban J connectivity index is 2.60. The Morgan fingerprint density at radius 3 is 3.09 bits per heavy atom. The average molecular weight is 148 g/mol. The van der Waals surface area contributed by atoms with Gasteiger partial charge in [-0.2, -0.15) is 0 Å². The summed E-state index contributed by atoms with van der Waals surface area (Å²) in [7, 11) is 0. The number of rotatable bonds is 2. The largest absolute Gasteiger partial charge is 0.259 e. The van der Waals surface area contributed by atoms with E-state index in [0.717, 1.165) is 12.1 Å². The molecular formula is C9H12N2. The van der Waals surface area contributed by atoms with Crippen LogP contribution in [0.3, 0.4) is 0 Å². The van der Waals surface area contributed by atoms with Crippen molar-refractivity contribution in [1.29, 1.82) is 0 Å². The van der Waals surface area contributed by atoms with E-state index in [1.165, 1.54) is 0 Å². The van der Waals surface area contributed by atoms with Crippen LogP contribution in [-0.4, -0.2) is 12.1 Å². The van der Waals surface area contributed by atoms with Crippen LogP contribution in [-0.2, 0) is 0 Å². The highest BCUT2D eigenvalue weighted by atomic mass is 14.8. The minimum atomic E-state index is 0.631. The normalized spacial score (nSPS) is 15.4. The Labute approximate surface area is 67.1 Å². The number of nitrogens with zero attached hydrogens (tertiary/aromatic N) is 2. The number of hydrogen-bond acceptors (Lipinski definition) is 2. The molecule has 1 aliphatic heterocycles. The molecule has 0 unspecified atom stereocenters. The zero-order valence-corrected chi connectivity index (χ0v) is 6.91. The van der Waals surface area contributed by atoms with Gasteiger partial charge < -0.3 is 0 Å². The summed E-state index contributed by atoms with van der Waals surface area (Å²) in [5, 5.41) is 0. The minimum absolute atomic E-state index is 0.631. The van der Waals surface area contributed by atoms with Gasteiger partial charge in [-0.3, -0.25) is 4.99 Å². The van der Waals surface area contributed by atoms with Crippen LogP contribution in [0.5, 0.6) is 0 Å². The van der Waals surface area contributed by atoms with Crippen molar-refractivity contribution < 1.29 is 0 Å². The van der Waals surface area contributed by atoms with Gasteiger partial charge >= 0.3 is 0 Å². The summed E-state index contributed by atoms with van der Waals surface area (Å²) in [6, 6.07) is 0. The third-order valence-corrected chi connectivity index (χ3v) is 1.29. The molecule has 0 fully saturated rings. The van der Waals surface area contributed by atoms with Gasteiger partial charge in [0.05, 0.1) is 11.9 Å². The predicted octanol–water partition coefficient (Wildman–Crippen LogP) is 2.18. The summed E-state index contributed by atoms with van der Waals surface area (Å²) in [6.45, 7) is 4.33. The van der Waals surface area contributed by atoms with Gasteiger partial charge in [0.1, 0.15) is 0 Å². The Kier molecular flexibility index (Phi) is 2.82. The Morgan fingerprint density at radius 1 is 1.55 bits per heavy atom. The molecule has 0 aromatic heterocycles. The van der Waals surface area contributed by atoms with Crippen molar-refractivity contribution in [2.75, 3.05) is 0 Å². The van der Waals surface area contributed by atoms with Crippen LogP contribution < -0.4 is 0 Å². The first kappa shape index (κ1) is 7.96. The lowest BCUT2D eigenvalue weighted by Gasteiger charge is -2.01. The molecule has 0 saturated heterocycles. The molecule has 0 bridgehead atoms. The van der Waals surface area contributed by atoms with E-state index in [1.54, 1.807) is 18.5 Å². The fourth-order valence-electron chi connectivity index (χ4n) is 0.878. The molecule has 2 nitrogen and oxygen atoms in total. The summed E-state index contributed by atoms with van der Waals surface area (Å²) in [5.41, 5.74) is 1.03. The van der Waals surface area contributed by atoms with Gasteiger partial charge in [-0.1, -0.05) is 13.8 Å². The smallest absolute Gasteiger partial charge is 0.0596 e. The third kappa shape index (κ3) is 2.96. The van der Waals surface area contributed by atoms with Crippen LogP contribution >= 0.6 is 0 Å². The summed E-state index contributed by atoms with van der Waals surface area (Å²) < 4.78 is 0. The standard InChI is InChI=1S/C9H12N2/c1-8(2)6-9-7-10-4-3-5-11-9/h3,5,7-8H,6H2,1-2H3. The van der Waals surface area contributed by atoms with Crippen LogP contribution in [0.1, 0.15) is 20.3 Å². The van der Waals surface area contributed by atoms with E-state index in [9.17, 15) is 0 Å². The predicted molar refractivity (Wildman–Crippen MR) is 48.0 cm³/mol. The van der Waals surface area contributed by atoms with Gasteiger partial charge in [0.15, 0.2) is 0 Å². The Bertz CT molecular complexity index is 240. The van der Waals surface area contributed by atoms with Gasteiger partial charge in [-0.05, 0) is 18.2 Å². The molecule has 0 spiro atoms. The first-order valence-corrected chi connectivity index (χ1v) is 3.79. The molecule has 11 heavy (non-hydrogen) atoms. The molecule has 1 aliphatic rings. The monoisotopic (exact) mass is 148 g/mol. The molecule has 2 heteroatoms. The lowest BCUT2D eigenvalue weighted by atomic mass is 10.1. The number of hydrogen-bond donors (Lipinski definition) is 0. The molecule has 58 valence electrons. The fourth-order valence-corrected chi connectivity index (χ4v) is 0.878. The molecule has 0 amide bonds. The second kappa shape index (κ2) is 3.89. The van der Waals surface area contributed by atoms with Crippen LogP contribution in [0.25, 0.3) is 0 Å². The van der Waals surface area contributed by atoms with Crippen molar-refractivity contribution in [3.8, 4) is 0 Å². The second-order valence-corrected chi connectivity index (χ2v) is 2.92. The highest BCUT2D eigenvalue weighted by Crippen LogP contribution is 2.11. The lowest BCUT2D eigenvalue weighted by Crippen LogP contribution is -1.88. The molecule has 0 aliphatic carbocycles. The van der Waals surface area contributed by atoms with Crippen molar-refractivity contribution in [3.63, 3.8) is 0 Å². The Morgan fingerprint density at radius 2 is 2.36 bits per heavy atom. The maximum atomic E-state index is 4.19. The van der Waals surface area contributed by atoms with E-state index in [2.05, 4.69) is 29.7 Å². The van der Waals surface area contributed by atoms with E-state index in [1.807, 2.05) is 0 Å². The molecule has 1 rings (SSSR count). The minimum Gasteiger partial charge on any atom is -0.259 e. The van der Waals surface area contributed by atoms with Crippen molar-refractivity contribution in [2.45, 2.75) is 20.3 Å². The van der Waals surface area contributed by atoms with E-state index in [-0.39, 0.29) is 0 Å². The van der Waals surface area contributed by atoms with Crippen LogP contribution in [0.2, 0.25) is 0 Å². The lowest BCUT2D eigenvalue weighted by molar-refractivity contribution is 0.638. The zero-order valence-electron chi connectivity index (χ0n) is 6.91. The molecule has 0 N–H and O–H groups in total. The van der Waals surface area contributed by atoms with Gasteiger partial charge in [0.2, 0.25) is 0 Å². The SMILES string of the molecule is CC(C)CC1=CN=C=CC=N1. The molecular weight excluding hydrogens is 136 g/mol. The maximum absolute atomic E-state index is 4.19. The van der Waals surface area contributed by atoms with Crippen molar-refractivity contribution in [2.24, 2.45) is 15.9 Å². The summed E-state index contributed by atoms with van der Waals surface area (Å²) in [6.07, 6.45) is 6.18. The summed E-state index contributed by atoms with van der Waals surface area (Å²) in [5.74, 6) is 3.36. The fraction of sp³-hybridized carbons (Fsp3) is 0.444. The van der Waals surface area contributed by atoms with Crippen LogP contribution in [0, 0.1) is 5.92 Å². The number of allylic oxidation sites excluding steroid dienone is 2. The second-order valence-electron chi connectivity index (χ2n) is 2.92. The van der Waals surface area contributed by atoms with E-state index >= 15 is 0 Å². The molecule has 0 saturated carbocycles. The molecule has 0 atom stereocenters. The summed E-state index contributed by atoms with van der Waals surface area (Å²) in [4.78, 5) is 8.10. The van der Waals surface area contributed by atoms with Crippen molar-refractivity contribution >= 4 is 12.1 Å². The zero-order chi connectivity index (χ0) is 8.10. The maximum Gasteiger partial charge on any atom is 0.0596 e. The molecule has 0 aromatic rings. The van der Waals surface area contributed by atoms with E-state index in [0.29, 0.717) is 5.92 Å². The first-order valence-electron chi connectivity index (χ1n) is 3.79. The van der Waals surface area contributed by atoms with E-state index < -0.39 is 0 Å². The molecule has 1 heterocycles. The van der Waals surface area contributed by atoms with Gasteiger partial charge in [0, 0.05) is 12.3 Å². The third-order valence-electron chi connectivity index (χ3n) is 1.29. The molecule has 0 radical (unpaired) electrons. The van der Waals surface area contributed by atoms with Gasteiger partial charge in [0.25, 0.3) is 0 Å². The average Bonchev–Trinajstić information content (AvgIpc) is 2.14. The highest BCUT2D eigenvalue weighted by Gasteiger charge is 1.98. The quantitative estimate of drug-likeness (QED) is 0.573. The highest BCUT2D eigenvalue weighted by molar-refractivity contribution is 5.84. The van der Waals surface area contributed by atoms with Crippen molar-refractivity contribution in [1.82, 2.24) is 0 Å². The van der Waals surface area contributed by atoms with Crippen LogP contribution in [0.4, 0.5) is 0 Å². The first-order chi connectivity index (χ1) is 5.29. The van der Waals surface area contributed by atoms with Gasteiger partial charge in [-0.25, -0.2) is 4.99 Å². The topological polar surface area (TPSA) is 24.7 Å². The van der Waals surface area contributed by atoms with Crippen LogP contribution in [0.15, 0.2) is 28.0 Å². The Hall–Kier alpha value is -1.14. The number of aliphatic imine (C=N–C) groups is 2. The molecule has 0 aromatic carbocycles. The summed E-state index contributed by atoms with van der Waals surface area (Å²) >= 11 is 0. The van der Waals surface area contributed by atoms with E-state index in [4.69, 9.17) is 0 Å². The van der Waals surface area contributed by atoms with Crippen molar-refractivity contribution in [3.05, 3.63) is 18.0 Å².